The molecule has 6 heteroatoms. The second-order valence-corrected chi connectivity index (χ2v) is 5.97. The number of aliphatic carboxylic acids is 1. The van der Waals surface area contributed by atoms with E-state index in [4.69, 9.17) is 14.6 Å². The third-order valence-corrected chi connectivity index (χ3v) is 4.23. The normalized spacial score (nSPS) is 16.7. The van der Waals surface area contributed by atoms with Crippen LogP contribution in [0.1, 0.15) is 30.6 Å². The summed E-state index contributed by atoms with van der Waals surface area (Å²) in [5.41, 5.74) is 0.423. The molecule has 1 aromatic rings. The molecule has 0 saturated carbocycles. The number of ketones is 1. The number of halogens is 1. The molecule has 1 N–H and O–H groups in total. The molecular formula is C15H17BrO5. The van der Waals surface area contributed by atoms with E-state index in [0.29, 0.717) is 34.7 Å². The second kappa shape index (κ2) is 6.47. The maximum Gasteiger partial charge on any atom is 0.306 e. The van der Waals surface area contributed by atoms with E-state index in [1.165, 1.54) is 6.92 Å². The van der Waals surface area contributed by atoms with Crippen LogP contribution in [0.25, 0.3) is 0 Å². The Morgan fingerprint density at radius 3 is 2.52 bits per heavy atom. The van der Waals surface area contributed by atoms with E-state index in [9.17, 15) is 9.59 Å². The zero-order chi connectivity index (χ0) is 15.6. The van der Waals surface area contributed by atoms with E-state index in [0.717, 1.165) is 6.42 Å². The third kappa shape index (κ3) is 3.37. The van der Waals surface area contributed by atoms with Gasteiger partial charge in [-0.05, 0) is 28.1 Å². The molecule has 1 heterocycles. The summed E-state index contributed by atoms with van der Waals surface area (Å²) in [6, 6.07) is 3.28. The van der Waals surface area contributed by atoms with Crippen molar-refractivity contribution in [2.75, 3.05) is 13.2 Å². The number of rotatable bonds is 4. The zero-order valence-corrected chi connectivity index (χ0v) is 13.5. The molecule has 0 aliphatic carbocycles. The van der Waals surface area contributed by atoms with Gasteiger partial charge < -0.3 is 14.6 Å². The average Bonchev–Trinajstić information content (AvgIpc) is 2.70. The lowest BCUT2D eigenvalue weighted by molar-refractivity contribution is -0.142. The fourth-order valence-electron chi connectivity index (χ4n) is 2.08. The Balaban J connectivity index is 2.32. The number of hydrogen-bond acceptors (Lipinski definition) is 4. The minimum atomic E-state index is -0.982. The first-order chi connectivity index (χ1) is 9.91. The molecule has 2 rings (SSSR count). The smallest absolute Gasteiger partial charge is 0.306 e. The summed E-state index contributed by atoms with van der Waals surface area (Å²) in [7, 11) is 0. The minimum Gasteiger partial charge on any atom is -0.489 e. The topological polar surface area (TPSA) is 72.8 Å². The number of hydrogen-bond donors (Lipinski definition) is 1. The van der Waals surface area contributed by atoms with Crippen LogP contribution < -0.4 is 9.47 Å². The van der Waals surface area contributed by atoms with Gasteiger partial charge in [-0.15, -0.1) is 0 Å². The van der Waals surface area contributed by atoms with Gasteiger partial charge in [-0.2, -0.15) is 0 Å². The number of carbonyl (C=O) groups excluding carboxylic acids is 1. The zero-order valence-electron chi connectivity index (χ0n) is 11.9. The molecule has 1 aromatic carbocycles. The molecule has 0 spiro atoms. The molecule has 0 bridgehead atoms. The van der Waals surface area contributed by atoms with Gasteiger partial charge in [0.15, 0.2) is 17.3 Å². The molecule has 2 unspecified atom stereocenters. The van der Waals surface area contributed by atoms with E-state index in [1.807, 2.05) is 0 Å². The monoisotopic (exact) mass is 356 g/mol. The lowest BCUT2D eigenvalue weighted by Gasteiger charge is -2.16. The van der Waals surface area contributed by atoms with Crippen molar-refractivity contribution in [2.24, 2.45) is 11.8 Å². The first-order valence-electron chi connectivity index (χ1n) is 6.78. The Morgan fingerprint density at radius 1 is 1.19 bits per heavy atom. The van der Waals surface area contributed by atoms with Crippen molar-refractivity contribution in [1.82, 2.24) is 0 Å². The molecule has 0 aromatic heterocycles. The van der Waals surface area contributed by atoms with Crippen LogP contribution in [0.3, 0.4) is 0 Å². The highest BCUT2D eigenvalue weighted by Gasteiger charge is 2.28. The molecule has 21 heavy (non-hydrogen) atoms. The van der Waals surface area contributed by atoms with Crippen molar-refractivity contribution in [2.45, 2.75) is 20.3 Å². The summed E-state index contributed by atoms with van der Waals surface area (Å²) in [4.78, 5) is 23.4. The number of Topliss-reactive ketones (excluding diaryl/α,β-unsaturated/α-hetero) is 1. The predicted octanol–water partition coefficient (Wildman–Crippen LogP) is 3.15. The van der Waals surface area contributed by atoms with Crippen LogP contribution in [0.4, 0.5) is 0 Å². The van der Waals surface area contributed by atoms with Crippen LogP contribution in [0, 0.1) is 11.8 Å². The summed E-state index contributed by atoms with van der Waals surface area (Å²) in [5.74, 6) is -1.46. The first kappa shape index (κ1) is 15.8. The van der Waals surface area contributed by atoms with Gasteiger partial charge in [0.2, 0.25) is 0 Å². The van der Waals surface area contributed by atoms with Crippen molar-refractivity contribution in [3.63, 3.8) is 0 Å². The van der Waals surface area contributed by atoms with Crippen LogP contribution in [0.2, 0.25) is 0 Å². The SMILES string of the molecule is CC(C(=O)O)C(C)C(=O)c1cc(Br)c2c(c1)OCCCO2. The van der Waals surface area contributed by atoms with Gasteiger partial charge in [-0.25, -0.2) is 0 Å². The van der Waals surface area contributed by atoms with Gasteiger partial charge in [0, 0.05) is 17.9 Å². The standard InChI is InChI=1S/C15H17BrO5/c1-8(9(2)15(18)19)13(17)10-6-11(16)14-12(7-10)20-4-3-5-21-14/h6-9H,3-5H2,1-2H3,(H,18,19). The number of carbonyl (C=O) groups is 2. The number of fused-ring (bicyclic) bond motifs is 1. The van der Waals surface area contributed by atoms with Crippen LogP contribution in [-0.2, 0) is 4.79 Å². The van der Waals surface area contributed by atoms with Crippen LogP contribution in [-0.4, -0.2) is 30.1 Å². The highest BCUT2D eigenvalue weighted by atomic mass is 79.9. The lowest BCUT2D eigenvalue weighted by Crippen LogP contribution is -2.25. The Hall–Kier alpha value is -1.56. The maximum atomic E-state index is 12.4. The second-order valence-electron chi connectivity index (χ2n) is 5.12. The quantitative estimate of drug-likeness (QED) is 0.838. The highest BCUT2D eigenvalue weighted by Crippen LogP contribution is 2.39. The van der Waals surface area contributed by atoms with Crippen LogP contribution in [0.5, 0.6) is 11.5 Å². The molecule has 114 valence electrons. The van der Waals surface area contributed by atoms with E-state index in [-0.39, 0.29) is 5.78 Å². The van der Waals surface area contributed by atoms with Crippen molar-refractivity contribution >= 4 is 27.7 Å². The van der Waals surface area contributed by atoms with Crippen molar-refractivity contribution < 1.29 is 24.2 Å². The molecule has 5 nitrogen and oxygen atoms in total. The average molecular weight is 357 g/mol. The summed E-state index contributed by atoms with van der Waals surface area (Å²) < 4.78 is 11.8. The summed E-state index contributed by atoms with van der Waals surface area (Å²) in [6.45, 7) is 4.24. The minimum absolute atomic E-state index is 0.221. The van der Waals surface area contributed by atoms with Crippen molar-refractivity contribution in [1.29, 1.82) is 0 Å². The highest BCUT2D eigenvalue weighted by molar-refractivity contribution is 9.10. The molecule has 0 fully saturated rings. The number of ether oxygens (including phenoxy) is 2. The van der Waals surface area contributed by atoms with Gasteiger partial charge in [0.05, 0.1) is 23.6 Å². The third-order valence-electron chi connectivity index (χ3n) is 3.64. The first-order valence-corrected chi connectivity index (χ1v) is 7.57. The van der Waals surface area contributed by atoms with Gasteiger partial charge in [-0.1, -0.05) is 13.8 Å². The van der Waals surface area contributed by atoms with E-state index in [2.05, 4.69) is 15.9 Å². The molecule has 0 saturated heterocycles. The fraction of sp³-hybridized carbons (Fsp3) is 0.467. The Labute approximate surface area is 131 Å². The molecular weight excluding hydrogens is 340 g/mol. The Kier molecular flexibility index (Phi) is 4.88. The van der Waals surface area contributed by atoms with Crippen LogP contribution >= 0.6 is 15.9 Å². The molecule has 2 atom stereocenters. The van der Waals surface area contributed by atoms with Crippen molar-refractivity contribution in [3.8, 4) is 11.5 Å². The van der Waals surface area contributed by atoms with E-state index < -0.39 is 17.8 Å². The van der Waals surface area contributed by atoms with Gasteiger partial charge >= 0.3 is 5.97 Å². The Bertz CT molecular complexity index is 569. The van der Waals surface area contributed by atoms with Gasteiger partial charge in [0.1, 0.15) is 0 Å². The molecule has 0 amide bonds. The number of carboxylic acids is 1. The van der Waals surface area contributed by atoms with Gasteiger partial charge in [0.25, 0.3) is 0 Å². The Morgan fingerprint density at radius 2 is 1.86 bits per heavy atom. The maximum absolute atomic E-state index is 12.4. The number of carboxylic acid groups (broad SMARTS) is 1. The van der Waals surface area contributed by atoms with Gasteiger partial charge in [-0.3, -0.25) is 9.59 Å². The number of benzene rings is 1. The summed E-state index contributed by atoms with van der Waals surface area (Å²) in [5, 5.41) is 9.03. The van der Waals surface area contributed by atoms with Crippen LogP contribution in [0.15, 0.2) is 16.6 Å². The van der Waals surface area contributed by atoms with Crippen molar-refractivity contribution in [3.05, 3.63) is 22.2 Å². The molecule has 1 aliphatic heterocycles. The van der Waals surface area contributed by atoms with E-state index >= 15 is 0 Å². The lowest BCUT2D eigenvalue weighted by atomic mass is 9.88. The summed E-state index contributed by atoms with van der Waals surface area (Å²) in [6.07, 6.45) is 0.775. The largest absolute Gasteiger partial charge is 0.489 e. The van der Waals surface area contributed by atoms with E-state index in [1.54, 1.807) is 19.1 Å². The predicted molar refractivity (Wildman–Crippen MR) is 80.0 cm³/mol. The molecule has 0 radical (unpaired) electrons. The summed E-state index contributed by atoms with van der Waals surface area (Å²) >= 11 is 3.38. The molecule has 1 aliphatic rings. The fourth-order valence-corrected chi connectivity index (χ4v) is 2.63.